The van der Waals surface area contributed by atoms with E-state index < -0.39 is 5.60 Å². The summed E-state index contributed by atoms with van der Waals surface area (Å²) in [6.45, 7) is 12.8. The molecular weight excluding hydrogens is 294 g/mol. The lowest BCUT2D eigenvalue weighted by atomic mass is 9.84. The summed E-state index contributed by atoms with van der Waals surface area (Å²) >= 11 is 3.54. The summed E-state index contributed by atoms with van der Waals surface area (Å²) in [5.74, 6) is 0. The fourth-order valence-corrected chi connectivity index (χ4v) is 2.38. The van der Waals surface area contributed by atoms with E-state index in [4.69, 9.17) is 4.74 Å². The Hall–Kier alpha value is -0.510. The predicted molar refractivity (Wildman–Crippen MR) is 77.8 cm³/mol. The number of amides is 1. The summed E-state index contributed by atoms with van der Waals surface area (Å²) < 4.78 is 6.65. The van der Waals surface area contributed by atoms with Crippen LogP contribution < -0.4 is 0 Å². The molecule has 1 rings (SSSR count). The van der Waals surface area contributed by atoms with Crippen molar-refractivity contribution in [1.29, 1.82) is 0 Å². The molecule has 0 N–H and O–H groups in total. The van der Waals surface area contributed by atoms with Crippen LogP contribution in [0.4, 0.5) is 4.79 Å². The summed E-state index contributed by atoms with van der Waals surface area (Å²) in [5.41, 5.74) is -0.450. The Kier molecular flexibility index (Phi) is 4.52. The molecule has 0 aliphatic carbocycles. The van der Waals surface area contributed by atoms with E-state index in [1.165, 1.54) is 4.48 Å². The van der Waals surface area contributed by atoms with Crippen LogP contribution in [-0.4, -0.2) is 29.2 Å². The molecule has 18 heavy (non-hydrogen) atoms. The molecule has 0 fully saturated rings. The number of ether oxygens (including phenoxy) is 1. The van der Waals surface area contributed by atoms with Gasteiger partial charge in [-0.15, -0.1) is 0 Å². The molecule has 0 saturated heterocycles. The molecule has 1 heterocycles. The normalized spacial score (nSPS) is 21.6. The molecule has 1 aliphatic rings. The van der Waals surface area contributed by atoms with Crippen LogP contribution in [0.1, 0.15) is 48.0 Å². The van der Waals surface area contributed by atoms with Gasteiger partial charge in [-0.25, -0.2) is 4.79 Å². The van der Waals surface area contributed by atoms with Crippen molar-refractivity contribution in [2.45, 2.75) is 59.6 Å². The first-order valence-corrected chi connectivity index (χ1v) is 7.16. The standard InChI is InChI=1S/C14H24BrNO2/c1-13(2,3)11-9-10(15)7-8-16(11)12(17)18-14(4,5)6/h9,11H,7-8H2,1-6H3. The van der Waals surface area contributed by atoms with Crippen LogP contribution >= 0.6 is 15.9 Å². The molecule has 0 bridgehead atoms. The number of hydrogen-bond acceptors (Lipinski definition) is 2. The lowest BCUT2D eigenvalue weighted by Crippen LogP contribution is -2.50. The molecule has 1 unspecified atom stereocenters. The highest BCUT2D eigenvalue weighted by Gasteiger charge is 2.36. The van der Waals surface area contributed by atoms with Crippen LogP contribution in [0.2, 0.25) is 0 Å². The smallest absolute Gasteiger partial charge is 0.410 e. The van der Waals surface area contributed by atoms with Crippen molar-refractivity contribution >= 4 is 22.0 Å². The van der Waals surface area contributed by atoms with Gasteiger partial charge in [0.2, 0.25) is 0 Å². The van der Waals surface area contributed by atoms with Crippen LogP contribution in [-0.2, 0) is 4.74 Å². The van der Waals surface area contributed by atoms with Crippen LogP contribution in [0, 0.1) is 5.41 Å². The number of nitrogens with zero attached hydrogens (tertiary/aromatic N) is 1. The molecule has 0 saturated carbocycles. The third-order valence-electron chi connectivity index (χ3n) is 2.78. The second kappa shape index (κ2) is 5.24. The minimum Gasteiger partial charge on any atom is -0.444 e. The molecular formula is C14H24BrNO2. The number of rotatable bonds is 0. The van der Waals surface area contributed by atoms with E-state index >= 15 is 0 Å². The average molecular weight is 318 g/mol. The summed E-state index contributed by atoms with van der Waals surface area (Å²) in [4.78, 5) is 14.1. The zero-order valence-corrected chi connectivity index (χ0v) is 13.8. The van der Waals surface area contributed by atoms with Gasteiger partial charge >= 0.3 is 6.09 Å². The Labute approximate surface area is 119 Å². The van der Waals surface area contributed by atoms with Crippen molar-refractivity contribution in [3.05, 3.63) is 10.6 Å². The minimum atomic E-state index is -0.447. The van der Waals surface area contributed by atoms with Gasteiger partial charge in [0.15, 0.2) is 0 Å². The van der Waals surface area contributed by atoms with Gasteiger partial charge in [0.25, 0.3) is 0 Å². The van der Waals surface area contributed by atoms with Gasteiger partial charge in [0.05, 0.1) is 6.04 Å². The van der Waals surface area contributed by atoms with E-state index in [1.807, 2.05) is 25.7 Å². The van der Waals surface area contributed by atoms with Gasteiger partial charge in [0, 0.05) is 6.54 Å². The van der Waals surface area contributed by atoms with Crippen molar-refractivity contribution in [3.63, 3.8) is 0 Å². The SMILES string of the molecule is CC(C)(C)OC(=O)N1CCC(Br)=CC1C(C)(C)C. The molecule has 0 aromatic heterocycles. The molecule has 0 radical (unpaired) electrons. The van der Waals surface area contributed by atoms with E-state index in [-0.39, 0.29) is 17.6 Å². The number of carbonyl (C=O) groups is 1. The third-order valence-corrected chi connectivity index (χ3v) is 3.44. The quantitative estimate of drug-likeness (QED) is 0.666. The van der Waals surface area contributed by atoms with Gasteiger partial charge in [-0.3, -0.25) is 0 Å². The van der Waals surface area contributed by atoms with Crippen molar-refractivity contribution < 1.29 is 9.53 Å². The first-order chi connectivity index (χ1) is 8.00. The number of halogens is 1. The van der Waals surface area contributed by atoms with Crippen LogP contribution in [0.3, 0.4) is 0 Å². The van der Waals surface area contributed by atoms with Crippen molar-refractivity contribution in [3.8, 4) is 0 Å². The second-order valence-electron chi connectivity index (χ2n) is 6.85. The number of carbonyl (C=O) groups excluding carboxylic acids is 1. The maximum absolute atomic E-state index is 12.2. The second-order valence-corrected chi connectivity index (χ2v) is 7.87. The van der Waals surface area contributed by atoms with E-state index in [2.05, 4.69) is 42.8 Å². The highest BCUT2D eigenvalue weighted by molar-refractivity contribution is 9.11. The van der Waals surface area contributed by atoms with Gasteiger partial charge < -0.3 is 9.64 Å². The van der Waals surface area contributed by atoms with E-state index in [0.717, 1.165) is 6.42 Å². The Morgan fingerprint density at radius 1 is 1.33 bits per heavy atom. The molecule has 0 aromatic rings. The largest absolute Gasteiger partial charge is 0.444 e. The maximum atomic E-state index is 12.2. The maximum Gasteiger partial charge on any atom is 0.410 e. The predicted octanol–water partition coefficient (Wildman–Crippen LogP) is 4.32. The molecule has 104 valence electrons. The molecule has 3 nitrogen and oxygen atoms in total. The van der Waals surface area contributed by atoms with Crippen LogP contribution in [0.15, 0.2) is 10.6 Å². The monoisotopic (exact) mass is 317 g/mol. The summed E-state index contributed by atoms with van der Waals surface area (Å²) in [6.07, 6.45) is 2.75. The van der Waals surface area contributed by atoms with Gasteiger partial charge in [-0.2, -0.15) is 0 Å². The van der Waals surface area contributed by atoms with Crippen LogP contribution in [0.25, 0.3) is 0 Å². The van der Waals surface area contributed by atoms with Crippen molar-refractivity contribution in [2.75, 3.05) is 6.54 Å². The number of hydrogen-bond donors (Lipinski definition) is 0. The van der Waals surface area contributed by atoms with E-state index in [0.29, 0.717) is 6.54 Å². The lowest BCUT2D eigenvalue weighted by Gasteiger charge is -2.41. The molecule has 0 spiro atoms. The summed E-state index contributed by atoms with van der Waals surface area (Å²) in [5, 5.41) is 0. The van der Waals surface area contributed by atoms with Crippen molar-refractivity contribution in [2.24, 2.45) is 5.41 Å². The molecule has 1 amide bonds. The highest BCUT2D eigenvalue weighted by atomic mass is 79.9. The zero-order chi connectivity index (χ0) is 14.1. The topological polar surface area (TPSA) is 29.5 Å². The zero-order valence-electron chi connectivity index (χ0n) is 12.2. The summed E-state index contributed by atoms with van der Waals surface area (Å²) in [7, 11) is 0. The fourth-order valence-electron chi connectivity index (χ4n) is 1.95. The molecule has 0 aromatic carbocycles. The van der Waals surface area contributed by atoms with Gasteiger partial charge in [0.1, 0.15) is 5.60 Å². The first kappa shape index (κ1) is 15.5. The lowest BCUT2D eigenvalue weighted by molar-refractivity contribution is 0.00836. The van der Waals surface area contributed by atoms with Crippen LogP contribution in [0.5, 0.6) is 0 Å². The molecule has 4 heteroatoms. The fraction of sp³-hybridized carbons (Fsp3) is 0.786. The van der Waals surface area contributed by atoms with E-state index in [9.17, 15) is 4.79 Å². The summed E-state index contributed by atoms with van der Waals surface area (Å²) in [6, 6.07) is 0.0653. The Morgan fingerprint density at radius 3 is 2.33 bits per heavy atom. The minimum absolute atomic E-state index is 0.00363. The third kappa shape index (κ3) is 4.30. The Bertz CT molecular complexity index is 350. The van der Waals surface area contributed by atoms with Gasteiger partial charge in [-0.05, 0) is 37.1 Å². The first-order valence-electron chi connectivity index (χ1n) is 6.36. The van der Waals surface area contributed by atoms with Gasteiger partial charge in [-0.1, -0.05) is 42.8 Å². The highest BCUT2D eigenvalue weighted by Crippen LogP contribution is 2.33. The van der Waals surface area contributed by atoms with Crippen molar-refractivity contribution in [1.82, 2.24) is 4.90 Å². The average Bonchev–Trinajstić information content (AvgIpc) is 2.13. The van der Waals surface area contributed by atoms with E-state index in [1.54, 1.807) is 0 Å². The molecule has 1 atom stereocenters. The Morgan fingerprint density at radius 2 is 1.89 bits per heavy atom. The molecule has 1 aliphatic heterocycles. The Balaban J connectivity index is 2.90.